The largest absolute Gasteiger partial charge is 0.0606 e. The summed E-state index contributed by atoms with van der Waals surface area (Å²) in [4.78, 5) is 0. The van der Waals surface area contributed by atoms with E-state index < -0.39 is 0 Å². The normalized spacial score (nSPS) is 10.3. The summed E-state index contributed by atoms with van der Waals surface area (Å²) in [6, 6.07) is 0. The lowest BCUT2D eigenvalue weighted by molar-refractivity contribution is 1.44. The van der Waals surface area contributed by atoms with Crippen molar-refractivity contribution in [2.75, 3.05) is 12.3 Å². The van der Waals surface area contributed by atoms with Gasteiger partial charge in [-0.15, -0.1) is 0 Å². The van der Waals surface area contributed by atoms with E-state index in [-0.39, 0.29) is 7.12 Å². The smallest absolute Gasteiger partial charge is 0.0250 e. The van der Waals surface area contributed by atoms with Crippen LogP contribution in [0.15, 0.2) is 0 Å². The molecule has 0 atom stereocenters. The van der Waals surface area contributed by atoms with Crippen LogP contribution in [0.1, 0.15) is 13.8 Å². The molecule has 0 aliphatic carbocycles. The van der Waals surface area contributed by atoms with E-state index in [1.54, 1.807) is 0 Å². The lowest BCUT2D eigenvalue weighted by Crippen LogP contribution is -1.71. The van der Waals surface area contributed by atoms with E-state index in [1.807, 2.05) is 0 Å². The molecule has 7 heavy (non-hydrogen) atoms. The van der Waals surface area contributed by atoms with Crippen LogP contribution in [-0.2, 0) is 0 Å². The Morgan fingerprint density at radius 1 is 1.43 bits per heavy atom. The third kappa shape index (κ3) is 3.64. The zero-order valence-corrected chi connectivity index (χ0v) is 7.11. The van der Waals surface area contributed by atoms with Crippen LogP contribution in [0.5, 0.6) is 0 Å². The first-order valence-corrected chi connectivity index (χ1v) is 6.34. The van der Waals surface area contributed by atoms with Crippen LogP contribution in [0, 0.1) is 0 Å². The number of hydrogen-bond acceptors (Lipinski definition) is 1. The minimum absolute atomic E-state index is 0.128. The van der Waals surface area contributed by atoms with Gasteiger partial charge in [0.05, 0.1) is 0 Å². The second kappa shape index (κ2) is 5.21. The highest BCUT2D eigenvalue weighted by molar-refractivity contribution is 8.66. The Balaban J connectivity index is 2.99. The predicted molar refractivity (Wildman–Crippen MR) is 41.4 cm³/mol. The molecule has 0 radical (unpaired) electrons. The van der Waals surface area contributed by atoms with Gasteiger partial charge < -0.3 is 0 Å². The molecular weight excluding hydrogens is 147 g/mol. The van der Waals surface area contributed by atoms with Crippen molar-refractivity contribution in [3.8, 4) is 0 Å². The van der Waals surface area contributed by atoms with Crippen LogP contribution in [0.2, 0.25) is 0 Å². The SMILES string of the molecule is CCP(CC)SCl. The first-order chi connectivity index (χ1) is 3.35. The first kappa shape index (κ1) is 8.07. The molecule has 0 saturated carbocycles. The van der Waals surface area contributed by atoms with Crippen LogP contribution in [-0.4, -0.2) is 12.3 Å². The maximum Gasteiger partial charge on any atom is -0.0250 e. The van der Waals surface area contributed by atoms with Crippen molar-refractivity contribution >= 4 is 28.4 Å². The van der Waals surface area contributed by atoms with E-state index in [0.29, 0.717) is 0 Å². The monoisotopic (exact) mass is 156 g/mol. The van der Waals surface area contributed by atoms with Gasteiger partial charge in [-0.2, -0.15) is 0 Å². The Kier molecular flexibility index (Phi) is 6.01. The molecule has 0 N–H and O–H groups in total. The lowest BCUT2D eigenvalue weighted by atomic mass is 11.0. The van der Waals surface area contributed by atoms with Crippen molar-refractivity contribution in [1.82, 2.24) is 0 Å². The van der Waals surface area contributed by atoms with Gasteiger partial charge in [-0.25, -0.2) is 0 Å². The summed E-state index contributed by atoms with van der Waals surface area (Å²) >= 11 is 0. The Hall–Kier alpha value is 1.07. The van der Waals surface area contributed by atoms with Crippen molar-refractivity contribution in [3.05, 3.63) is 0 Å². The standard InChI is InChI=1S/C4H10ClPS/c1-3-6(4-2)7-5/h3-4H2,1-2H3. The molecule has 0 unspecified atom stereocenters. The molecule has 0 aromatic carbocycles. The third-order valence-corrected chi connectivity index (χ3v) is 6.30. The van der Waals surface area contributed by atoms with Gasteiger partial charge >= 0.3 is 0 Å². The maximum atomic E-state index is 5.51. The second-order valence-electron chi connectivity index (χ2n) is 1.18. The molecule has 0 aromatic heterocycles. The van der Waals surface area contributed by atoms with Gasteiger partial charge in [0.25, 0.3) is 0 Å². The highest BCUT2D eigenvalue weighted by atomic mass is 35.7. The molecule has 0 rings (SSSR count). The zero-order valence-electron chi connectivity index (χ0n) is 4.65. The molecule has 0 aromatic rings. The fourth-order valence-electron chi connectivity index (χ4n) is 0.321. The molecule has 0 amide bonds. The molecule has 0 aliphatic heterocycles. The molecule has 0 nitrogen and oxygen atoms in total. The zero-order chi connectivity index (χ0) is 5.70. The van der Waals surface area contributed by atoms with E-state index in [0.717, 1.165) is 0 Å². The fraction of sp³-hybridized carbons (Fsp3) is 1.00. The Morgan fingerprint density at radius 2 is 1.86 bits per heavy atom. The van der Waals surface area contributed by atoms with E-state index in [1.165, 1.54) is 22.9 Å². The second-order valence-corrected chi connectivity index (χ2v) is 6.76. The Labute approximate surface area is 55.0 Å². The minimum Gasteiger partial charge on any atom is -0.0606 e. The highest BCUT2D eigenvalue weighted by Gasteiger charge is 1.97. The number of rotatable bonds is 3. The molecule has 3 heteroatoms. The van der Waals surface area contributed by atoms with Crippen molar-refractivity contribution in [1.29, 1.82) is 0 Å². The summed E-state index contributed by atoms with van der Waals surface area (Å²) in [7, 11) is 7.15. The summed E-state index contributed by atoms with van der Waals surface area (Å²) in [5, 5.41) is 0. The molecular formula is C4H10ClPS. The molecule has 0 saturated heterocycles. The minimum atomic E-state index is 0.128. The Bertz CT molecular complexity index is 33.2. The van der Waals surface area contributed by atoms with E-state index in [2.05, 4.69) is 13.8 Å². The molecule has 0 aliphatic rings. The van der Waals surface area contributed by atoms with E-state index in [4.69, 9.17) is 10.7 Å². The van der Waals surface area contributed by atoms with Crippen molar-refractivity contribution < 1.29 is 0 Å². The molecule has 0 spiro atoms. The van der Waals surface area contributed by atoms with Gasteiger partial charge in [-0.05, 0) is 40.7 Å². The summed E-state index contributed by atoms with van der Waals surface area (Å²) in [5.74, 6) is 0. The van der Waals surface area contributed by atoms with Gasteiger partial charge in [0.15, 0.2) is 0 Å². The molecule has 0 bridgehead atoms. The maximum absolute atomic E-state index is 5.51. The summed E-state index contributed by atoms with van der Waals surface area (Å²) in [6.45, 7) is 4.37. The third-order valence-electron chi connectivity index (χ3n) is 0.803. The topological polar surface area (TPSA) is 0 Å². The van der Waals surface area contributed by atoms with Crippen molar-refractivity contribution in [3.63, 3.8) is 0 Å². The van der Waals surface area contributed by atoms with Gasteiger partial charge in [0.2, 0.25) is 0 Å². The average molecular weight is 157 g/mol. The predicted octanol–water partition coefficient (Wildman–Crippen LogP) is 3.31. The van der Waals surface area contributed by atoms with Crippen LogP contribution in [0.3, 0.4) is 0 Å². The van der Waals surface area contributed by atoms with Crippen LogP contribution in [0.25, 0.3) is 0 Å². The molecule has 44 valence electrons. The summed E-state index contributed by atoms with van der Waals surface area (Å²) in [6.07, 6.45) is 2.50. The molecule has 0 heterocycles. The first-order valence-electron chi connectivity index (χ1n) is 2.38. The van der Waals surface area contributed by atoms with Gasteiger partial charge in [0, 0.05) is 0 Å². The fourth-order valence-corrected chi connectivity index (χ4v) is 3.31. The van der Waals surface area contributed by atoms with Crippen molar-refractivity contribution in [2.24, 2.45) is 0 Å². The molecule has 0 fully saturated rings. The summed E-state index contributed by atoms with van der Waals surface area (Å²) in [5.41, 5.74) is 0. The summed E-state index contributed by atoms with van der Waals surface area (Å²) < 4.78 is 0. The quantitative estimate of drug-likeness (QED) is 0.565. The highest BCUT2D eigenvalue weighted by Crippen LogP contribution is 2.51. The van der Waals surface area contributed by atoms with Gasteiger partial charge in [-0.1, -0.05) is 13.8 Å². The van der Waals surface area contributed by atoms with E-state index in [9.17, 15) is 0 Å². The Morgan fingerprint density at radius 3 is 1.86 bits per heavy atom. The van der Waals surface area contributed by atoms with Crippen molar-refractivity contribution in [2.45, 2.75) is 13.8 Å². The average Bonchev–Trinajstić information content (AvgIpc) is 1.72. The van der Waals surface area contributed by atoms with E-state index >= 15 is 0 Å². The van der Waals surface area contributed by atoms with Gasteiger partial charge in [-0.3, -0.25) is 0 Å². The lowest BCUT2D eigenvalue weighted by Gasteiger charge is -2.03. The van der Waals surface area contributed by atoms with Crippen LogP contribution < -0.4 is 0 Å². The van der Waals surface area contributed by atoms with Gasteiger partial charge in [0.1, 0.15) is 0 Å². The number of halogens is 1. The number of hydrogen-bond donors (Lipinski definition) is 0. The van der Waals surface area contributed by atoms with Crippen LogP contribution in [0.4, 0.5) is 0 Å². The van der Waals surface area contributed by atoms with Crippen LogP contribution >= 0.6 is 28.4 Å².